The molecule has 0 radical (unpaired) electrons. The number of amides is 1. The predicted molar refractivity (Wildman–Crippen MR) is 129 cm³/mol. The molecule has 1 aromatic heterocycles. The molecule has 0 spiro atoms. The number of carbonyl (C=O) groups excluding carboxylic acids is 1. The molecule has 0 saturated carbocycles. The molecule has 2 aromatic rings. The minimum Gasteiger partial charge on any atom is -0.389 e. The summed E-state index contributed by atoms with van der Waals surface area (Å²) in [4.78, 5) is 24.5. The SMILES string of the molecule is CN1CCC(N(C)S(=O)(=O)c2ccc(C(=NO[C@@H]3CCOC3)C(=O)Nc3ncc(F)s3)cc2)CC1. The van der Waals surface area contributed by atoms with Gasteiger partial charge in [0, 0.05) is 25.1 Å². The molecule has 2 fully saturated rings. The Morgan fingerprint density at radius 1 is 1.29 bits per heavy atom. The Bertz CT molecular complexity index is 1160. The highest BCUT2D eigenvalue weighted by Gasteiger charge is 2.30. The Morgan fingerprint density at radius 3 is 2.60 bits per heavy atom. The van der Waals surface area contributed by atoms with Crippen LogP contribution in [0.2, 0.25) is 0 Å². The fourth-order valence-corrected chi connectivity index (χ4v) is 5.88. The van der Waals surface area contributed by atoms with Gasteiger partial charge in [-0.1, -0.05) is 28.6 Å². The lowest BCUT2D eigenvalue weighted by Gasteiger charge is -2.34. The molecule has 1 atom stereocenters. The maximum atomic E-state index is 13.3. The summed E-state index contributed by atoms with van der Waals surface area (Å²) >= 11 is 0.681. The first kappa shape index (κ1) is 25.6. The van der Waals surface area contributed by atoms with E-state index in [2.05, 4.69) is 20.4 Å². The number of hydrogen-bond donors (Lipinski definition) is 1. The van der Waals surface area contributed by atoms with Gasteiger partial charge in [-0.05, 0) is 45.1 Å². The van der Waals surface area contributed by atoms with Crippen molar-refractivity contribution in [3.63, 3.8) is 0 Å². The summed E-state index contributed by atoms with van der Waals surface area (Å²) in [6, 6.07) is 5.83. The Hall–Kier alpha value is -2.45. The monoisotopic (exact) mass is 525 g/mol. The van der Waals surface area contributed by atoms with E-state index in [1.165, 1.54) is 28.6 Å². The maximum Gasteiger partial charge on any atom is 0.280 e. The summed E-state index contributed by atoms with van der Waals surface area (Å²) < 4.78 is 46.4. The van der Waals surface area contributed by atoms with E-state index in [1.54, 1.807) is 7.05 Å². The molecule has 0 aliphatic carbocycles. The van der Waals surface area contributed by atoms with Gasteiger partial charge in [-0.15, -0.1) is 0 Å². The Balaban J connectivity index is 1.54. The number of ether oxygens (including phenoxy) is 1. The van der Waals surface area contributed by atoms with Crippen molar-refractivity contribution in [3.05, 3.63) is 41.2 Å². The fourth-order valence-electron chi connectivity index (χ4n) is 3.92. The van der Waals surface area contributed by atoms with E-state index < -0.39 is 21.1 Å². The van der Waals surface area contributed by atoms with Gasteiger partial charge in [0.25, 0.3) is 5.91 Å². The third kappa shape index (κ3) is 6.22. The highest BCUT2D eigenvalue weighted by Crippen LogP contribution is 2.23. The van der Waals surface area contributed by atoms with Crippen molar-refractivity contribution in [1.29, 1.82) is 0 Å². The van der Waals surface area contributed by atoms with Gasteiger partial charge in [-0.2, -0.15) is 8.70 Å². The zero-order valence-corrected chi connectivity index (χ0v) is 21.1. The number of oxime groups is 1. The first-order valence-electron chi connectivity index (χ1n) is 11.3. The number of rotatable bonds is 8. The second-order valence-corrected chi connectivity index (χ2v) is 11.5. The van der Waals surface area contributed by atoms with Crippen molar-refractivity contribution in [2.24, 2.45) is 5.16 Å². The molecule has 3 heterocycles. The van der Waals surface area contributed by atoms with E-state index in [1.807, 2.05) is 7.05 Å². The lowest BCUT2D eigenvalue weighted by atomic mass is 10.1. The Kier molecular flexibility index (Phi) is 8.12. The summed E-state index contributed by atoms with van der Waals surface area (Å²) in [5.41, 5.74) is 0.263. The van der Waals surface area contributed by atoms with Gasteiger partial charge in [0.2, 0.25) is 10.0 Å². The predicted octanol–water partition coefficient (Wildman–Crippen LogP) is 2.15. The molecular formula is C22H28FN5O5S2. The Labute approximate surface area is 207 Å². The zero-order valence-electron chi connectivity index (χ0n) is 19.5. The van der Waals surface area contributed by atoms with Crippen molar-refractivity contribution in [1.82, 2.24) is 14.2 Å². The minimum atomic E-state index is -3.71. The average molecular weight is 526 g/mol. The van der Waals surface area contributed by atoms with E-state index >= 15 is 0 Å². The summed E-state index contributed by atoms with van der Waals surface area (Å²) in [5, 5.41) is 6.06. The molecule has 0 unspecified atom stereocenters. The number of nitrogens with zero attached hydrogens (tertiary/aromatic N) is 4. The largest absolute Gasteiger partial charge is 0.389 e. The highest BCUT2D eigenvalue weighted by molar-refractivity contribution is 7.89. The van der Waals surface area contributed by atoms with Gasteiger partial charge < -0.3 is 14.5 Å². The number of benzene rings is 1. The third-order valence-electron chi connectivity index (χ3n) is 6.10. The maximum absolute atomic E-state index is 13.3. The van der Waals surface area contributed by atoms with Gasteiger partial charge in [-0.3, -0.25) is 10.1 Å². The molecule has 10 nitrogen and oxygen atoms in total. The normalized spacial score (nSPS) is 20.3. The van der Waals surface area contributed by atoms with E-state index in [-0.39, 0.29) is 27.9 Å². The quantitative estimate of drug-likeness (QED) is 0.415. The second-order valence-electron chi connectivity index (χ2n) is 8.53. The number of aromatic nitrogens is 1. The molecule has 1 N–H and O–H groups in total. The van der Waals surface area contributed by atoms with Crippen LogP contribution in [0, 0.1) is 5.13 Å². The standard InChI is InChI=1S/C22H28FN5O5S2/c1-27-10-7-16(8-11-27)28(2)35(30,31)18-5-3-15(4-6-18)20(26-33-17-9-12-32-14-17)21(29)25-22-24-13-19(23)34-22/h3-6,13,16-17H,7-12,14H2,1-2H3,(H,24,25,29)/t17-/m1/s1. The van der Waals surface area contributed by atoms with Gasteiger partial charge in [0.1, 0.15) is 0 Å². The molecule has 2 aliphatic heterocycles. The van der Waals surface area contributed by atoms with E-state index in [0.717, 1.165) is 32.1 Å². The molecule has 2 aliphatic rings. The molecule has 0 bridgehead atoms. The van der Waals surface area contributed by atoms with Crippen molar-refractivity contribution in [3.8, 4) is 0 Å². The number of hydrogen-bond acceptors (Lipinski definition) is 9. The van der Waals surface area contributed by atoms with Crippen LogP contribution < -0.4 is 5.32 Å². The van der Waals surface area contributed by atoms with Crippen LogP contribution in [0.15, 0.2) is 40.5 Å². The summed E-state index contributed by atoms with van der Waals surface area (Å²) in [6.45, 7) is 2.58. The van der Waals surface area contributed by atoms with E-state index in [4.69, 9.17) is 9.57 Å². The molecular weight excluding hydrogens is 497 g/mol. The van der Waals surface area contributed by atoms with Crippen LogP contribution >= 0.6 is 11.3 Å². The smallest absolute Gasteiger partial charge is 0.280 e. The lowest BCUT2D eigenvalue weighted by Crippen LogP contribution is -2.44. The van der Waals surface area contributed by atoms with Crippen molar-refractivity contribution in [2.75, 3.05) is 45.7 Å². The van der Waals surface area contributed by atoms with Crippen LogP contribution in [0.3, 0.4) is 0 Å². The number of piperidine rings is 1. The van der Waals surface area contributed by atoms with Gasteiger partial charge in [0.15, 0.2) is 22.1 Å². The molecule has 2 saturated heterocycles. The summed E-state index contributed by atoms with van der Waals surface area (Å²) in [6.07, 6.45) is 2.88. The number of likely N-dealkylation sites (tertiary alicyclic amines) is 1. The number of thiazole rings is 1. The van der Waals surface area contributed by atoms with Crippen LogP contribution in [0.4, 0.5) is 9.52 Å². The van der Waals surface area contributed by atoms with Crippen LogP contribution in [-0.2, 0) is 24.4 Å². The third-order valence-corrected chi connectivity index (χ3v) is 8.73. The molecule has 4 rings (SSSR count). The van der Waals surface area contributed by atoms with Crippen LogP contribution in [0.1, 0.15) is 24.8 Å². The molecule has 13 heteroatoms. The average Bonchev–Trinajstić information content (AvgIpc) is 3.51. The molecule has 190 valence electrons. The van der Waals surface area contributed by atoms with E-state index in [0.29, 0.717) is 36.5 Å². The van der Waals surface area contributed by atoms with Crippen molar-refractivity contribution < 1.29 is 27.2 Å². The first-order chi connectivity index (χ1) is 16.7. The van der Waals surface area contributed by atoms with Crippen LogP contribution in [0.5, 0.6) is 0 Å². The van der Waals surface area contributed by atoms with Crippen LogP contribution in [-0.4, -0.2) is 86.8 Å². The lowest BCUT2D eigenvalue weighted by molar-refractivity contribution is -0.110. The Morgan fingerprint density at radius 2 is 2.00 bits per heavy atom. The molecule has 35 heavy (non-hydrogen) atoms. The van der Waals surface area contributed by atoms with Crippen LogP contribution in [0.25, 0.3) is 0 Å². The zero-order chi connectivity index (χ0) is 25.0. The van der Waals surface area contributed by atoms with Gasteiger partial charge in [0.05, 0.1) is 24.3 Å². The first-order valence-corrected chi connectivity index (χ1v) is 13.5. The number of anilines is 1. The van der Waals surface area contributed by atoms with E-state index in [9.17, 15) is 17.6 Å². The van der Waals surface area contributed by atoms with Gasteiger partial charge >= 0.3 is 0 Å². The highest BCUT2D eigenvalue weighted by atomic mass is 32.2. The molecule has 1 amide bonds. The van der Waals surface area contributed by atoms with Crippen molar-refractivity contribution >= 4 is 38.1 Å². The second kappa shape index (κ2) is 11.1. The number of nitrogens with one attached hydrogen (secondary N) is 1. The topological polar surface area (TPSA) is 113 Å². The minimum absolute atomic E-state index is 0.0699. The van der Waals surface area contributed by atoms with Gasteiger partial charge in [-0.25, -0.2) is 13.4 Å². The summed E-state index contributed by atoms with van der Waals surface area (Å²) in [5.74, 6) is -0.655. The number of sulfonamides is 1. The molecule has 1 aromatic carbocycles. The fraction of sp³-hybridized carbons (Fsp3) is 0.500. The number of carbonyl (C=O) groups is 1. The summed E-state index contributed by atoms with van der Waals surface area (Å²) in [7, 11) is -0.0909. The van der Waals surface area contributed by atoms with Crippen molar-refractivity contribution in [2.45, 2.75) is 36.3 Å². The number of halogens is 1.